The monoisotopic (exact) mass is 528 g/mol. The number of aromatic nitrogens is 2. The molecule has 1 unspecified atom stereocenters. The molecule has 7 aromatic rings. The lowest BCUT2D eigenvalue weighted by Crippen LogP contribution is -2.12. The number of para-hydroxylation sites is 4. The summed E-state index contributed by atoms with van der Waals surface area (Å²) in [5.41, 5.74) is 11.9. The molecular formula is C39H32N2. The zero-order valence-corrected chi connectivity index (χ0v) is 23.5. The third-order valence-electron chi connectivity index (χ3n) is 9.04. The first-order valence-electron chi connectivity index (χ1n) is 14.7. The summed E-state index contributed by atoms with van der Waals surface area (Å²) >= 11 is 0. The molecule has 2 heteroatoms. The normalized spacial score (nSPS) is 15.6. The Hall–Kier alpha value is -4.82. The maximum absolute atomic E-state index is 2.55. The first kappa shape index (κ1) is 24.0. The topological polar surface area (TPSA) is 9.86 Å². The van der Waals surface area contributed by atoms with Crippen LogP contribution in [0.1, 0.15) is 37.4 Å². The second kappa shape index (κ2) is 9.38. The van der Waals surface area contributed by atoms with Crippen molar-refractivity contribution in [2.24, 2.45) is 0 Å². The average Bonchev–Trinajstić information content (AvgIpc) is 3.54. The summed E-state index contributed by atoms with van der Waals surface area (Å²) in [5, 5.41) is 5.25. The SMILES string of the molecule is CCc1ccc(-n2c3ccccc3c3ccccc32)cc1C1=C(C)C=CC(n2c3ccccc3c3ccccc32)C1. The van der Waals surface area contributed by atoms with E-state index in [0.29, 0.717) is 0 Å². The highest BCUT2D eigenvalue weighted by atomic mass is 15.0. The van der Waals surface area contributed by atoms with Gasteiger partial charge in [0.1, 0.15) is 0 Å². The molecule has 1 aliphatic rings. The molecule has 0 amide bonds. The fourth-order valence-corrected chi connectivity index (χ4v) is 7.10. The fourth-order valence-electron chi connectivity index (χ4n) is 7.10. The van der Waals surface area contributed by atoms with Gasteiger partial charge in [-0.25, -0.2) is 0 Å². The van der Waals surface area contributed by atoms with Gasteiger partial charge in [-0.2, -0.15) is 0 Å². The minimum absolute atomic E-state index is 0.250. The van der Waals surface area contributed by atoms with Crippen LogP contribution in [0.4, 0.5) is 0 Å². The molecule has 5 aromatic carbocycles. The number of hydrogen-bond acceptors (Lipinski definition) is 0. The molecule has 8 rings (SSSR count). The van der Waals surface area contributed by atoms with Crippen molar-refractivity contribution in [3.05, 3.63) is 144 Å². The molecule has 1 aliphatic carbocycles. The summed E-state index contributed by atoms with van der Waals surface area (Å²) in [5.74, 6) is 0. The molecule has 0 bridgehead atoms. The second-order valence-electron chi connectivity index (χ2n) is 11.3. The van der Waals surface area contributed by atoms with Crippen LogP contribution in [0.3, 0.4) is 0 Å². The van der Waals surface area contributed by atoms with Crippen molar-refractivity contribution < 1.29 is 0 Å². The van der Waals surface area contributed by atoms with Gasteiger partial charge in [-0.05, 0) is 78.4 Å². The quantitative estimate of drug-likeness (QED) is 0.215. The molecule has 2 nitrogen and oxygen atoms in total. The van der Waals surface area contributed by atoms with E-state index in [0.717, 1.165) is 12.8 Å². The summed E-state index contributed by atoms with van der Waals surface area (Å²) < 4.78 is 4.99. The Balaban J connectivity index is 1.30. The second-order valence-corrected chi connectivity index (χ2v) is 11.3. The molecular weight excluding hydrogens is 496 g/mol. The van der Waals surface area contributed by atoms with E-state index in [1.165, 1.54) is 71.6 Å². The van der Waals surface area contributed by atoms with Gasteiger partial charge in [0, 0.05) is 38.3 Å². The van der Waals surface area contributed by atoms with E-state index in [1.807, 2.05) is 0 Å². The van der Waals surface area contributed by atoms with Crippen LogP contribution in [0.5, 0.6) is 0 Å². The Kier molecular flexibility index (Phi) is 5.50. The van der Waals surface area contributed by atoms with E-state index in [-0.39, 0.29) is 6.04 Å². The molecule has 0 fully saturated rings. The first-order valence-corrected chi connectivity index (χ1v) is 14.7. The Morgan fingerprint density at radius 1 is 0.634 bits per heavy atom. The van der Waals surface area contributed by atoms with E-state index < -0.39 is 0 Å². The zero-order chi connectivity index (χ0) is 27.5. The standard InChI is InChI=1S/C39H32N2/c1-3-27-21-23-29(41-38-18-10-6-14-32(38)33-15-7-11-19-39(33)41)25-35(27)34-24-28(22-20-26(34)2)40-36-16-8-4-12-30(36)31-13-5-9-17-37(31)40/h4-23,25,28H,3,24H2,1-2H3. The minimum Gasteiger partial charge on any atom is -0.333 e. The number of benzene rings is 5. The van der Waals surface area contributed by atoms with Crippen molar-refractivity contribution >= 4 is 49.2 Å². The Bertz CT molecular complexity index is 2080. The molecule has 0 saturated heterocycles. The van der Waals surface area contributed by atoms with Gasteiger partial charge in [0.25, 0.3) is 0 Å². The summed E-state index contributed by atoms with van der Waals surface area (Å²) in [4.78, 5) is 0. The molecule has 41 heavy (non-hydrogen) atoms. The fraction of sp³-hybridized carbons (Fsp3) is 0.128. The number of nitrogens with zero attached hydrogens (tertiary/aromatic N) is 2. The lowest BCUT2D eigenvalue weighted by atomic mass is 9.86. The smallest absolute Gasteiger partial charge is 0.0566 e. The number of aryl methyl sites for hydroxylation is 1. The van der Waals surface area contributed by atoms with Crippen molar-refractivity contribution in [3.63, 3.8) is 0 Å². The molecule has 198 valence electrons. The molecule has 1 atom stereocenters. The van der Waals surface area contributed by atoms with Gasteiger partial charge in [0.15, 0.2) is 0 Å². The zero-order valence-electron chi connectivity index (χ0n) is 23.5. The maximum atomic E-state index is 2.55. The van der Waals surface area contributed by atoms with Gasteiger partial charge in [0.2, 0.25) is 0 Å². The summed E-state index contributed by atoms with van der Waals surface area (Å²) in [6.45, 7) is 4.55. The van der Waals surface area contributed by atoms with Crippen LogP contribution in [-0.4, -0.2) is 9.13 Å². The van der Waals surface area contributed by atoms with Gasteiger partial charge in [0.05, 0.1) is 17.1 Å². The molecule has 2 aromatic heterocycles. The van der Waals surface area contributed by atoms with E-state index >= 15 is 0 Å². The number of fused-ring (bicyclic) bond motifs is 6. The summed E-state index contributed by atoms with van der Waals surface area (Å²) in [6, 6.07) is 42.6. The predicted octanol–water partition coefficient (Wildman–Crippen LogP) is 10.4. The van der Waals surface area contributed by atoms with Gasteiger partial charge in [-0.3, -0.25) is 0 Å². The van der Waals surface area contributed by atoms with Crippen molar-refractivity contribution in [1.82, 2.24) is 9.13 Å². The van der Waals surface area contributed by atoms with Crippen LogP contribution in [0.25, 0.3) is 54.9 Å². The van der Waals surface area contributed by atoms with Gasteiger partial charge >= 0.3 is 0 Å². The third kappa shape index (κ3) is 3.64. The molecule has 0 spiro atoms. The Morgan fingerprint density at radius 2 is 1.15 bits per heavy atom. The van der Waals surface area contributed by atoms with Crippen molar-refractivity contribution in [1.29, 1.82) is 0 Å². The Labute approximate surface area is 240 Å². The number of rotatable bonds is 4. The van der Waals surface area contributed by atoms with Crippen LogP contribution in [0, 0.1) is 0 Å². The third-order valence-corrected chi connectivity index (χ3v) is 9.04. The highest BCUT2D eigenvalue weighted by Gasteiger charge is 2.23. The summed E-state index contributed by atoms with van der Waals surface area (Å²) in [7, 11) is 0. The molecule has 0 radical (unpaired) electrons. The van der Waals surface area contributed by atoms with E-state index in [4.69, 9.17) is 0 Å². The highest BCUT2D eigenvalue weighted by molar-refractivity contribution is 6.09. The van der Waals surface area contributed by atoms with Gasteiger partial charge in [-0.15, -0.1) is 0 Å². The van der Waals surface area contributed by atoms with Crippen molar-refractivity contribution in [3.8, 4) is 5.69 Å². The van der Waals surface area contributed by atoms with Gasteiger partial charge in [-0.1, -0.05) is 97.9 Å². The molecule has 2 heterocycles. The number of allylic oxidation sites excluding steroid dienone is 4. The van der Waals surface area contributed by atoms with Gasteiger partial charge < -0.3 is 9.13 Å². The van der Waals surface area contributed by atoms with Crippen LogP contribution < -0.4 is 0 Å². The average molecular weight is 529 g/mol. The highest BCUT2D eigenvalue weighted by Crippen LogP contribution is 2.41. The molecule has 0 saturated carbocycles. The van der Waals surface area contributed by atoms with E-state index in [2.05, 4.69) is 150 Å². The molecule has 0 N–H and O–H groups in total. The van der Waals surface area contributed by atoms with Crippen molar-refractivity contribution in [2.45, 2.75) is 32.7 Å². The van der Waals surface area contributed by atoms with Crippen LogP contribution in [0.2, 0.25) is 0 Å². The minimum atomic E-state index is 0.250. The van der Waals surface area contributed by atoms with E-state index in [9.17, 15) is 0 Å². The number of hydrogen-bond donors (Lipinski definition) is 0. The summed E-state index contributed by atoms with van der Waals surface area (Å²) in [6.07, 6.45) is 6.72. The van der Waals surface area contributed by atoms with Crippen LogP contribution in [0.15, 0.2) is 133 Å². The van der Waals surface area contributed by atoms with Crippen LogP contribution >= 0.6 is 0 Å². The van der Waals surface area contributed by atoms with Crippen LogP contribution in [-0.2, 0) is 6.42 Å². The predicted molar refractivity (Wildman–Crippen MR) is 175 cm³/mol. The first-order chi connectivity index (χ1) is 20.2. The molecule has 0 aliphatic heterocycles. The Morgan fingerprint density at radius 3 is 1.71 bits per heavy atom. The lowest BCUT2D eigenvalue weighted by molar-refractivity contribution is 0.653. The largest absolute Gasteiger partial charge is 0.333 e. The van der Waals surface area contributed by atoms with Crippen molar-refractivity contribution in [2.75, 3.05) is 0 Å². The maximum Gasteiger partial charge on any atom is 0.0566 e. The van der Waals surface area contributed by atoms with E-state index in [1.54, 1.807) is 0 Å². The lowest BCUT2D eigenvalue weighted by Gasteiger charge is -2.26.